The highest BCUT2D eigenvalue weighted by molar-refractivity contribution is 4.67. The molecular weight excluding hydrogens is 146 g/mol. The normalized spacial score (nSPS) is 8.27. The Balaban J connectivity index is 0.000000461. The second-order valence-corrected chi connectivity index (χ2v) is 1.56. The quantitative estimate of drug-likeness (QED) is 0.551. The molecule has 5 nitrogen and oxygen atoms in total. The lowest BCUT2D eigenvalue weighted by Gasteiger charge is -1.88. The van der Waals surface area contributed by atoms with Crippen molar-refractivity contribution in [1.29, 1.82) is 0 Å². The summed E-state index contributed by atoms with van der Waals surface area (Å²) in [6, 6.07) is 0. The largest absolute Gasteiger partial charge is 0.344 e. The van der Waals surface area contributed by atoms with Crippen LogP contribution in [0.25, 0.3) is 0 Å². The number of aryl methyl sites for hydroxylation is 1. The Hall–Kier alpha value is -1.39. The van der Waals surface area contributed by atoms with Crippen LogP contribution in [0.3, 0.4) is 0 Å². The fourth-order valence-corrected chi connectivity index (χ4v) is 0.410. The Labute approximate surface area is 63.7 Å². The van der Waals surface area contributed by atoms with Crippen molar-refractivity contribution in [3.63, 3.8) is 0 Å². The number of H-pyrrole nitrogens is 1. The Morgan fingerprint density at radius 3 is 2.36 bits per heavy atom. The molecule has 1 N–H and O–H groups in total. The smallest absolute Gasteiger partial charge is 0.271 e. The number of hydrogen-bond acceptors (Lipinski definition) is 3. The zero-order chi connectivity index (χ0) is 8.85. The molecule has 0 atom stereocenters. The average Bonchev–Trinajstić information content (AvgIpc) is 2.02. The first-order valence-corrected chi connectivity index (χ1v) is 3.33. The lowest BCUT2D eigenvalue weighted by molar-refractivity contribution is 0.665. The van der Waals surface area contributed by atoms with E-state index in [4.69, 9.17) is 0 Å². The Morgan fingerprint density at radius 2 is 2.00 bits per heavy atom. The van der Waals surface area contributed by atoms with Crippen molar-refractivity contribution in [2.75, 3.05) is 0 Å². The molecule has 1 rings (SSSR count). The Kier molecular flexibility index (Phi) is 3.87. The number of nitrogens with one attached hydrogen (secondary N) is 1. The van der Waals surface area contributed by atoms with E-state index in [9.17, 15) is 9.59 Å². The highest BCUT2D eigenvalue weighted by Gasteiger charge is 1.87. The third-order valence-corrected chi connectivity index (χ3v) is 0.872. The van der Waals surface area contributed by atoms with Gasteiger partial charge in [0.05, 0.1) is 0 Å². The molecule has 0 aromatic carbocycles. The van der Waals surface area contributed by atoms with E-state index in [1.165, 1.54) is 7.05 Å². The first-order valence-electron chi connectivity index (χ1n) is 3.33. The van der Waals surface area contributed by atoms with Crippen molar-refractivity contribution in [3.05, 3.63) is 27.0 Å². The molecule has 0 saturated heterocycles. The summed E-state index contributed by atoms with van der Waals surface area (Å²) in [7, 11) is 1.46. The SMILES string of the molecule is CC.Cn1ncc(=O)[nH]c1=O. The van der Waals surface area contributed by atoms with Crippen molar-refractivity contribution >= 4 is 0 Å². The number of aromatic amines is 1. The summed E-state index contributed by atoms with van der Waals surface area (Å²) in [5.41, 5.74) is -0.972. The second-order valence-electron chi connectivity index (χ2n) is 1.56. The van der Waals surface area contributed by atoms with E-state index in [2.05, 4.69) is 5.10 Å². The molecule has 0 aliphatic heterocycles. The van der Waals surface area contributed by atoms with Crippen molar-refractivity contribution in [2.24, 2.45) is 7.05 Å². The molecule has 11 heavy (non-hydrogen) atoms. The third-order valence-electron chi connectivity index (χ3n) is 0.872. The van der Waals surface area contributed by atoms with Crippen LogP contribution in [0.4, 0.5) is 0 Å². The monoisotopic (exact) mass is 157 g/mol. The van der Waals surface area contributed by atoms with Gasteiger partial charge in [0.15, 0.2) is 0 Å². The van der Waals surface area contributed by atoms with Gasteiger partial charge in [0.1, 0.15) is 6.20 Å². The molecule has 0 amide bonds. The molecule has 0 aliphatic rings. The zero-order valence-corrected chi connectivity index (χ0v) is 6.79. The highest BCUT2D eigenvalue weighted by Crippen LogP contribution is 1.51. The molecule has 0 bridgehead atoms. The van der Waals surface area contributed by atoms with Gasteiger partial charge in [0.2, 0.25) is 0 Å². The first kappa shape index (κ1) is 9.61. The van der Waals surface area contributed by atoms with Crippen LogP contribution in [0.5, 0.6) is 0 Å². The maximum Gasteiger partial charge on any atom is 0.344 e. The predicted molar refractivity (Wildman–Crippen MR) is 41.4 cm³/mol. The van der Waals surface area contributed by atoms with Crippen LogP contribution in [-0.4, -0.2) is 14.8 Å². The van der Waals surface area contributed by atoms with Crippen LogP contribution in [-0.2, 0) is 7.05 Å². The van der Waals surface area contributed by atoms with Gasteiger partial charge in [-0.15, -0.1) is 0 Å². The number of aromatic nitrogens is 3. The minimum absolute atomic E-state index is 0.474. The number of nitrogens with zero attached hydrogens (tertiary/aromatic N) is 2. The molecule has 62 valence electrons. The standard InChI is InChI=1S/C4H5N3O2.C2H6/c1-7-4(9)6-3(8)2-5-7;1-2/h2H,1H3,(H,6,8,9);1-2H3. The van der Waals surface area contributed by atoms with E-state index >= 15 is 0 Å². The molecule has 1 aromatic rings. The van der Waals surface area contributed by atoms with Crippen molar-refractivity contribution in [3.8, 4) is 0 Å². The summed E-state index contributed by atoms with van der Waals surface area (Å²) in [6.45, 7) is 4.00. The summed E-state index contributed by atoms with van der Waals surface area (Å²) in [6.07, 6.45) is 1.04. The van der Waals surface area contributed by atoms with Crippen LogP contribution < -0.4 is 11.2 Å². The molecule has 5 heteroatoms. The highest BCUT2D eigenvalue weighted by atomic mass is 16.2. The van der Waals surface area contributed by atoms with Gasteiger partial charge < -0.3 is 0 Å². The molecule has 0 aliphatic carbocycles. The minimum Gasteiger partial charge on any atom is -0.271 e. The van der Waals surface area contributed by atoms with Gasteiger partial charge in [-0.05, 0) is 0 Å². The molecular formula is C6H11N3O2. The summed E-state index contributed by atoms with van der Waals surface area (Å²) in [4.78, 5) is 22.8. The van der Waals surface area contributed by atoms with Gasteiger partial charge in [0.25, 0.3) is 5.56 Å². The van der Waals surface area contributed by atoms with Crippen LogP contribution in [0.2, 0.25) is 0 Å². The Morgan fingerprint density at radius 1 is 1.45 bits per heavy atom. The van der Waals surface area contributed by atoms with E-state index in [0.29, 0.717) is 0 Å². The van der Waals surface area contributed by atoms with Crippen LogP contribution in [0, 0.1) is 0 Å². The fourth-order valence-electron chi connectivity index (χ4n) is 0.410. The van der Waals surface area contributed by atoms with Gasteiger partial charge in [-0.3, -0.25) is 9.78 Å². The van der Waals surface area contributed by atoms with Crippen molar-refractivity contribution < 1.29 is 0 Å². The first-order chi connectivity index (χ1) is 5.20. The van der Waals surface area contributed by atoms with Crippen molar-refractivity contribution in [2.45, 2.75) is 13.8 Å². The van der Waals surface area contributed by atoms with Crippen molar-refractivity contribution in [1.82, 2.24) is 14.8 Å². The molecule has 0 saturated carbocycles. The van der Waals surface area contributed by atoms with Gasteiger partial charge in [-0.1, -0.05) is 13.8 Å². The average molecular weight is 157 g/mol. The Bertz CT molecular complexity index is 312. The maximum absolute atomic E-state index is 10.5. The van der Waals surface area contributed by atoms with Gasteiger partial charge in [-0.2, -0.15) is 5.10 Å². The van der Waals surface area contributed by atoms with E-state index in [-0.39, 0.29) is 0 Å². The van der Waals surface area contributed by atoms with Gasteiger partial charge in [-0.25, -0.2) is 9.48 Å². The fraction of sp³-hybridized carbons (Fsp3) is 0.500. The topological polar surface area (TPSA) is 67.8 Å². The van der Waals surface area contributed by atoms with Gasteiger partial charge >= 0.3 is 5.69 Å². The van der Waals surface area contributed by atoms with E-state index < -0.39 is 11.2 Å². The summed E-state index contributed by atoms with van der Waals surface area (Å²) in [5, 5.41) is 3.44. The lowest BCUT2D eigenvalue weighted by atomic mass is 10.8. The van der Waals surface area contributed by atoms with E-state index in [1.807, 2.05) is 18.8 Å². The number of rotatable bonds is 0. The molecule has 1 heterocycles. The zero-order valence-electron chi connectivity index (χ0n) is 6.79. The molecule has 0 unspecified atom stereocenters. The predicted octanol–water partition coefficient (Wildman–Crippen LogP) is -0.505. The van der Waals surface area contributed by atoms with E-state index in [1.54, 1.807) is 0 Å². The van der Waals surface area contributed by atoms with Gasteiger partial charge in [0, 0.05) is 7.05 Å². The number of hydrogen-bond donors (Lipinski definition) is 1. The summed E-state index contributed by atoms with van der Waals surface area (Å²) >= 11 is 0. The second kappa shape index (κ2) is 4.43. The van der Waals surface area contributed by atoms with E-state index in [0.717, 1.165) is 10.9 Å². The summed E-state index contributed by atoms with van der Waals surface area (Å²) in [5.74, 6) is 0. The van der Waals surface area contributed by atoms with Crippen LogP contribution in [0.15, 0.2) is 15.8 Å². The minimum atomic E-state index is -0.498. The molecule has 0 spiro atoms. The third kappa shape index (κ3) is 2.79. The molecule has 0 fully saturated rings. The lowest BCUT2D eigenvalue weighted by Crippen LogP contribution is -2.29. The summed E-state index contributed by atoms with van der Waals surface area (Å²) < 4.78 is 1.04. The maximum atomic E-state index is 10.5. The van der Waals surface area contributed by atoms with Crippen LogP contribution in [0.1, 0.15) is 13.8 Å². The van der Waals surface area contributed by atoms with Crippen LogP contribution >= 0.6 is 0 Å². The molecule has 0 radical (unpaired) electrons. The molecule has 1 aromatic heterocycles.